The Hall–Kier alpha value is -3.32. The van der Waals surface area contributed by atoms with Crippen LogP contribution in [0, 0.1) is 20.8 Å². The summed E-state index contributed by atoms with van der Waals surface area (Å²) in [5, 5.41) is 7.80. The van der Waals surface area contributed by atoms with Crippen LogP contribution in [0.5, 0.6) is 5.75 Å². The summed E-state index contributed by atoms with van der Waals surface area (Å²) >= 11 is 6.11. The molecule has 0 fully saturated rings. The normalized spacial score (nSPS) is 11.7. The van der Waals surface area contributed by atoms with Gasteiger partial charge in [0.05, 0.1) is 30.6 Å². The van der Waals surface area contributed by atoms with E-state index in [4.69, 9.17) is 21.1 Å². The van der Waals surface area contributed by atoms with Gasteiger partial charge in [0, 0.05) is 22.3 Å². The number of para-hydroxylation sites is 1. The molecule has 1 unspecified atom stereocenters. The smallest absolute Gasteiger partial charge is 0.311 e. The molecule has 32 heavy (non-hydrogen) atoms. The number of nitrogens with zero attached hydrogens (tertiary/aromatic N) is 2. The molecule has 0 radical (unpaired) electrons. The quantitative estimate of drug-likeness (QED) is 0.527. The fourth-order valence-electron chi connectivity index (χ4n) is 3.35. The largest absolute Gasteiger partial charge is 0.495 e. The van der Waals surface area contributed by atoms with Crippen LogP contribution in [0.15, 0.2) is 42.5 Å². The second-order valence-corrected chi connectivity index (χ2v) is 7.90. The van der Waals surface area contributed by atoms with E-state index in [1.165, 1.54) is 14.0 Å². The summed E-state index contributed by atoms with van der Waals surface area (Å²) in [5.74, 6) is -0.551. The first-order valence-electron chi connectivity index (χ1n) is 10.2. The molecule has 1 N–H and O–H groups in total. The number of carbonyl (C=O) groups is 2. The van der Waals surface area contributed by atoms with Gasteiger partial charge < -0.3 is 14.8 Å². The van der Waals surface area contributed by atoms with Crippen molar-refractivity contribution >= 4 is 29.2 Å². The third-order valence-corrected chi connectivity index (χ3v) is 5.59. The Kier molecular flexibility index (Phi) is 7.20. The number of anilines is 1. The molecule has 0 saturated heterocycles. The lowest BCUT2D eigenvalue weighted by atomic mass is 10.1. The summed E-state index contributed by atoms with van der Waals surface area (Å²) in [6.07, 6.45) is -0.973. The number of hydrogen-bond donors (Lipinski definition) is 1. The predicted molar refractivity (Wildman–Crippen MR) is 124 cm³/mol. The lowest BCUT2D eigenvalue weighted by molar-refractivity contribution is -0.152. The number of ether oxygens (including phenoxy) is 2. The van der Waals surface area contributed by atoms with Gasteiger partial charge >= 0.3 is 5.97 Å². The summed E-state index contributed by atoms with van der Waals surface area (Å²) in [6, 6.07) is 13.0. The van der Waals surface area contributed by atoms with Gasteiger partial charge in [0.15, 0.2) is 6.10 Å². The zero-order valence-electron chi connectivity index (χ0n) is 18.7. The van der Waals surface area contributed by atoms with Gasteiger partial charge in [-0.15, -0.1) is 0 Å². The molecule has 0 aliphatic carbocycles. The van der Waals surface area contributed by atoms with Gasteiger partial charge in [0.2, 0.25) is 0 Å². The maximum atomic E-state index is 12.6. The van der Waals surface area contributed by atoms with E-state index in [-0.39, 0.29) is 6.42 Å². The van der Waals surface area contributed by atoms with Gasteiger partial charge in [0.25, 0.3) is 5.91 Å². The lowest BCUT2D eigenvalue weighted by Gasteiger charge is -2.16. The van der Waals surface area contributed by atoms with Crippen LogP contribution in [0.25, 0.3) is 5.69 Å². The Balaban J connectivity index is 1.67. The van der Waals surface area contributed by atoms with Crippen LogP contribution in [0.3, 0.4) is 0 Å². The number of amides is 1. The highest BCUT2D eigenvalue weighted by molar-refractivity contribution is 6.31. The average molecular weight is 456 g/mol. The molecular weight excluding hydrogens is 430 g/mol. The van der Waals surface area contributed by atoms with Crippen LogP contribution in [0.1, 0.15) is 29.4 Å². The summed E-state index contributed by atoms with van der Waals surface area (Å²) in [6.45, 7) is 7.10. The molecule has 1 heterocycles. The minimum Gasteiger partial charge on any atom is -0.495 e. The van der Waals surface area contributed by atoms with E-state index >= 15 is 0 Å². The SMILES string of the molecule is COc1cc(Cl)c(C)cc1NC(=O)C(C)OC(=O)Cc1c(C)nn(-c2ccccc2)c1C. The Labute approximate surface area is 192 Å². The molecule has 0 aliphatic rings. The molecule has 3 rings (SSSR count). The van der Waals surface area contributed by atoms with Crippen LogP contribution < -0.4 is 10.1 Å². The number of aromatic nitrogens is 2. The number of aryl methyl sites for hydroxylation is 2. The summed E-state index contributed by atoms with van der Waals surface area (Å²) in [5.41, 5.74) is 4.52. The van der Waals surface area contributed by atoms with E-state index < -0.39 is 18.0 Å². The van der Waals surface area contributed by atoms with Crippen molar-refractivity contribution in [2.45, 2.75) is 40.2 Å². The van der Waals surface area contributed by atoms with Gasteiger partial charge in [-0.3, -0.25) is 9.59 Å². The van der Waals surface area contributed by atoms with Crippen molar-refractivity contribution in [3.05, 3.63) is 70.0 Å². The van der Waals surface area contributed by atoms with Crippen molar-refractivity contribution in [3.8, 4) is 11.4 Å². The first-order chi connectivity index (χ1) is 15.2. The molecule has 7 nitrogen and oxygen atoms in total. The Morgan fingerprint density at radius 2 is 1.84 bits per heavy atom. The molecule has 0 saturated carbocycles. The van der Waals surface area contributed by atoms with Crippen molar-refractivity contribution < 1.29 is 19.1 Å². The average Bonchev–Trinajstić information content (AvgIpc) is 3.04. The van der Waals surface area contributed by atoms with Crippen molar-refractivity contribution in [3.63, 3.8) is 0 Å². The number of nitrogens with one attached hydrogen (secondary N) is 1. The summed E-state index contributed by atoms with van der Waals surface area (Å²) in [7, 11) is 1.49. The zero-order valence-corrected chi connectivity index (χ0v) is 19.5. The molecule has 1 aromatic heterocycles. The molecule has 0 spiro atoms. The number of esters is 1. The molecular formula is C24H26ClN3O4. The van der Waals surface area contributed by atoms with Gasteiger partial charge in [-0.2, -0.15) is 5.10 Å². The number of rotatable bonds is 7. The number of hydrogen-bond acceptors (Lipinski definition) is 5. The van der Waals surface area contributed by atoms with Crippen molar-refractivity contribution in [1.29, 1.82) is 0 Å². The van der Waals surface area contributed by atoms with E-state index in [9.17, 15) is 9.59 Å². The van der Waals surface area contributed by atoms with Crippen LogP contribution >= 0.6 is 11.6 Å². The fraction of sp³-hybridized carbons (Fsp3) is 0.292. The predicted octanol–water partition coefficient (Wildman–Crippen LogP) is 4.57. The van der Waals surface area contributed by atoms with Gasteiger partial charge in [-0.25, -0.2) is 4.68 Å². The topological polar surface area (TPSA) is 82.4 Å². The maximum absolute atomic E-state index is 12.6. The van der Waals surface area contributed by atoms with Crippen LogP contribution in [-0.4, -0.2) is 34.9 Å². The Morgan fingerprint density at radius 3 is 2.50 bits per heavy atom. The van der Waals surface area contributed by atoms with E-state index in [1.807, 2.05) is 51.1 Å². The van der Waals surface area contributed by atoms with Crippen molar-refractivity contribution in [2.75, 3.05) is 12.4 Å². The van der Waals surface area contributed by atoms with Crippen LogP contribution in [0.4, 0.5) is 5.69 Å². The standard InChI is InChI=1S/C24H26ClN3O4/c1-14-11-21(22(31-5)13-20(14)25)26-24(30)17(4)32-23(29)12-19-15(2)27-28(16(19)3)18-9-7-6-8-10-18/h6-11,13,17H,12H2,1-5H3,(H,26,30). The molecule has 3 aromatic rings. The highest BCUT2D eigenvalue weighted by Gasteiger charge is 2.22. The maximum Gasteiger partial charge on any atom is 0.311 e. The van der Waals surface area contributed by atoms with Gasteiger partial charge in [0.1, 0.15) is 5.75 Å². The van der Waals surface area contributed by atoms with Gasteiger partial charge in [-0.1, -0.05) is 29.8 Å². The molecule has 0 aliphatic heterocycles. The first kappa shape index (κ1) is 23.3. The van der Waals surface area contributed by atoms with E-state index in [0.29, 0.717) is 16.5 Å². The minimum atomic E-state index is -0.993. The molecule has 1 amide bonds. The molecule has 8 heteroatoms. The summed E-state index contributed by atoms with van der Waals surface area (Å²) < 4.78 is 12.5. The first-order valence-corrected chi connectivity index (χ1v) is 10.5. The van der Waals surface area contributed by atoms with E-state index in [0.717, 1.165) is 28.2 Å². The van der Waals surface area contributed by atoms with E-state index in [1.54, 1.807) is 16.8 Å². The van der Waals surface area contributed by atoms with Crippen LogP contribution in [-0.2, 0) is 20.7 Å². The third-order valence-electron chi connectivity index (χ3n) is 5.18. The molecule has 168 valence electrons. The number of methoxy groups -OCH3 is 1. The van der Waals surface area contributed by atoms with Crippen molar-refractivity contribution in [1.82, 2.24) is 9.78 Å². The highest BCUT2D eigenvalue weighted by atomic mass is 35.5. The minimum absolute atomic E-state index is 0.0193. The third kappa shape index (κ3) is 5.11. The second kappa shape index (κ2) is 9.87. The molecule has 0 bridgehead atoms. The number of carbonyl (C=O) groups excluding carboxylic acids is 2. The van der Waals surface area contributed by atoms with E-state index in [2.05, 4.69) is 10.4 Å². The number of halogens is 1. The number of benzene rings is 2. The highest BCUT2D eigenvalue weighted by Crippen LogP contribution is 2.31. The van der Waals surface area contributed by atoms with Crippen molar-refractivity contribution in [2.24, 2.45) is 0 Å². The Morgan fingerprint density at radius 1 is 1.16 bits per heavy atom. The zero-order chi connectivity index (χ0) is 23.4. The fourth-order valence-corrected chi connectivity index (χ4v) is 3.51. The van der Waals surface area contributed by atoms with Crippen LogP contribution in [0.2, 0.25) is 5.02 Å². The lowest BCUT2D eigenvalue weighted by Crippen LogP contribution is -2.30. The monoisotopic (exact) mass is 455 g/mol. The molecule has 1 atom stereocenters. The summed E-state index contributed by atoms with van der Waals surface area (Å²) in [4.78, 5) is 25.2. The van der Waals surface area contributed by atoms with Gasteiger partial charge in [-0.05, 0) is 51.5 Å². The Bertz CT molecular complexity index is 1140. The second-order valence-electron chi connectivity index (χ2n) is 7.50. The molecule has 2 aromatic carbocycles.